The Balaban J connectivity index is 1.34. The van der Waals surface area contributed by atoms with Crippen molar-refractivity contribution < 1.29 is 4.79 Å². The Kier molecular flexibility index (Phi) is 4.57. The summed E-state index contributed by atoms with van der Waals surface area (Å²) in [5.74, 6) is 2.34. The summed E-state index contributed by atoms with van der Waals surface area (Å²) in [5.41, 5.74) is 0. The second kappa shape index (κ2) is 7.00. The van der Waals surface area contributed by atoms with Gasteiger partial charge in [0.05, 0.1) is 18.8 Å². The average Bonchev–Trinajstić information content (AvgIpc) is 3.23. The summed E-state index contributed by atoms with van der Waals surface area (Å²) in [7, 11) is 0. The second-order valence-electron chi connectivity index (χ2n) is 7.06. The maximum Gasteiger partial charge on any atom is 0.228 e. The third-order valence-corrected chi connectivity index (χ3v) is 5.28. The number of hydrogen-bond donors (Lipinski definition) is 1. The highest BCUT2D eigenvalue weighted by atomic mass is 16.2. The molecule has 0 aromatic carbocycles. The number of carbonyl (C=O) groups is 1. The molecule has 7 nitrogen and oxygen atoms in total. The zero-order chi connectivity index (χ0) is 17.2. The van der Waals surface area contributed by atoms with Crippen molar-refractivity contribution in [3.8, 4) is 0 Å². The number of carbonyl (C=O) groups excluding carboxylic acids is 1. The molecule has 1 N–H and O–H groups in total. The fourth-order valence-corrected chi connectivity index (χ4v) is 3.58. The zero-order valence-electron chi connectivity index (χ0n) is 14.8. The molecule has 2 aliphatic rings. The standard InChI is InChI=1S/C18H26N6O/c1-2-23-12-9-19-17(23)13-22-10-6-15(7-11-22)24-16(5-8-20-24)21-18(25)14-3-4-14/h5,8-9,12,14-15H,2-4,6-7,10-11,13H2,1H3,(H,21,25). The number of nitrogens with one attached hydrogen (secondary N) is 1. The number of amides is 1. The number of piperidine rings is 1. The van der Waals surface area contributed by atoms with E-state index in [1.54, 1.807) is 6.20 Å². The number of rotatable bonds is 6. The van der Waals surface area contributed by atoms with Crippen LogP contribution in [0.25, 0.3) is 0 Å². The number of hydrogen-bond acceptors (Lipinski definition) is 4. The molecule has 25 heavy (non-hydrogen) atoms. The summed E-state index contributed by atoms with van der Waals surface area (Å²) in [4.78, 5) is 19.0. The molecule has 4 rings (SSSR count). The van der Waals surface area contributed by atoms with Crippen LogP contribution in [0.1, 0.15) is 44.5 Å². The van der Waals surface area contributed by atoms with E-state index < -0.39 is 0 Å². The quantitative estimate of drug-likeness (QED) is 0.874. The third-order valence-electron chi connectivity index (χ3n) is 5.28. The molecule has 2 fully saturated rings. The van der Waals surface area contributed by atoms with Crippen molar-refractivity contribution >= 4 is 11.7 Å². The summed E-state index contributed by atoms with van der Waals surface area (Å²) in [5, 5.41) is 7.51. The second-order valence-corrected chi connectivity index (χ2v) is 7.06. The largest absolute Gasteiger partial charge is 0.334 e. The van der Waals surface area contributed by atoms with Gasteiger partial charge in [0.1, 0.15) is 11.6 Å². The van der Waals surface area contributed by atoms with Crippen LogP contribution in [0.4, 0.5) is 5.82 Å². The minimum absolute atomic E-state index is 0.144. The van der Waals surface area contributed by atoms with Crippen LogP contribution >= 0.6 is 0 Å². The van der Waals surface area contributed by atoms with E-state index in [9.17, 15) is 4.79 Å². The SMILES string of the molecule is CCn1ccnc1CN1CCC(n2nccc2NC(=O)C2CC2)CC1. The Morgan fingerprint density at radius 3 is 2.76 bits per heavy atom. The highest BCUT2D eigenvalue weighted by Gasteiger charge is 2.31. The summed E-state index contributed by atoms with van der Waals surface area (Å²) < 4.78 is 4.20. The molecule has 134 valence electrons. The van der Waals surface area contributed by atoms with Crippen molar-refractivity contribution in [2.24, 2.45) is 5.92 Å². The van der Waals surface area contributed by atoms with Gasteiger partial charge >= 0.3 is 0 Å². The Bertz CT molecular complexity index is 724. The Morgan fingerprint density at radius 1 is 1.24 bits per heavy atom. The summed E-state index contributed by atoms with van der Waals surface area (Å²) in [6, 6.07) is 2.26. The van der Waals surface area contributed by atoms with Crippen LogP contribution in [0.3, 0.4) is 0 Å². The van der Waals surface area contributed by atoms with Crippen LogP contribution in [0.15, 0.2) is 24.7 Å². The smallest absolute Gasteiger partial charge is 0.228 e. The molecule has 0 radical (unpaired) electrons. The number of aryl methyl sites for hydroxylation is 1. The molecule has 1 amide bonds. The minimum Gasteiger partial charge on any atom is -0.334 e. The predicted molar refractivity (Wildman–Crippen MR) is 95.0 cm³/mol. The average molecular weight is 342 g/mol. The molecule has 1 saturated carbocycles. The van der Waals surface area contributed by atoms with Gasteiger partial charge in [0, 0.05) is 44.0 Å². The van der Waals surface area contributed by atoms with Crippen molar-refractivity contribution in [1.82, 2.24) is 24.2 Å². The van der Waals surface area contributed by atoms with Gasteiger partial charge in [0.15, 0.2) is 0 Å². The lowest BCUT2D eigenvalue weighted by Gasteiger charge is -2.32. The van der Waals surface area contributed by atoms with Crippen molar-refractivity contribution in [3.63, 3.8) is 0 Å². The monoisotopic (exact) mass is 342 g/mol. The van der Waals surface area contributed by atoms with Gasteiger partial charge in [-0.3, -0.25) is 9.69 Å². The zero-order valence-corrected chi connectivity index (χ0v) is 14.8. The number of nitrogens with zero attached hydrogens (tertiary/aromatic N) is 5. The first kappa shape index (κ1) is 16.3. The third kappa shape index (κ3) is 3.61. The van der Waals surface area contributed by atoms with E-state index >= 15 is 0 Å². The summed E-state index contributed by atoms with van der Waals surface area (Å²) in [6.45, 7) is 6.06. The maximum atomic E-state index is 12.0. The predicted octanol–water partition coefficient (Wildman–Crippen LogP) is 2.29. The van der Waals surface area contributed by atoms with Crippen LogP contribution in [0.5, 0.6) is 0 Å². The van der Waals surface area contributed by atoms with Crippen molar-refractivity contribution in [3.05, 3.63) is 30.5 Å². The van der Waals surface area contributed by atoms with Crippen molar-refractivity contribution in [2.75, 3.05) is 18.4 Å². The fourth-order valence-electron chi connectivity index (χ4n) is 3.58. The number of aromatic nitrogens is 4. The molecule has 2 aromatic rings. The lowest BCUT2D eigenvalue weighted by molar-refractivity contribution is -0.117. The Labute approximate surface area is 148 Å². The van der Waals surface area contributed by atoms with Crippen LogP contribution < -0.4 is 5.32 Å². The molecule has 1 aliphatic heterocycles. The van der Waals surface area contributed by atoms with Crippen LogP contribution in [0, 0.1) is 5.92 Å². The van der Waals surface area contributed by atoms with E-state index in [2.05, 4.69) is 31.8 Å². The van der Waals surface area contributed by atoms with Crippen LogP contribution in [0.2, 0.25) is 0 Å². The molecule has 3 heterocycles. The molecule has 0 atom stereocenters. The van der Waals surface area contributed by atoms with Crippen molar-refractivity contribution in [2.45, 2.75) is 51.7 Å². The topological polar surface area (TPSA) is 68.0 Å². The molecule has 2 aromatic heterocycles. The van der Waals surface area contributed by atoms with E-state index in [1.807, 2.05) is 23.1 Å². The lowest BCUT2D eigenvalue weighted by Crippen LogP contribution is -2.35. The first-order chi connectivity index (χ1) is 12.2. The molecule has 0 bridgehead atoms. The number of anilines is 1. The first-order valence-corrected chi connectivity index (χ1v) is 9.31. The van der Waals surface area contributed by atoms with Gasteiger partial charge in [0.2, 0.25) is 5.91 Å². The van der Waals surface area contributed by atoms with Gasteiger partial charge < -0.3 is 9.88 Å². The Morgan fingerprint density at radius 2 is 2.04 bits per heavy atom. The van der Waals surface area contributed by atoms with Gasteiger partial charge in [-0.1, -0.05) is 0 Å². The van der Waals surface area contributed by atoms with E-state index in [0.717, 1.165) is 63.5 Å². The molecule has 0 spiro atoms. The molecule has 7 heteroatoms. The first-order valence-electron chi connectivity index (χ1n) is 9.31. The van der Waals surface area contributed by atoms with E-state index in [0.29, 0.717) is 6.04 Å². The molecular formula is C18H26N6O. The van der Waals surface area contributed by atoms with Gasteiger partial charge in [-0.05, 0) is 32.6 Å². The highest BCUT2D eigenvalue weighted by Crippen LogP contribution is 2.31. The molecule has 1 aliphatic carbocycles. The highest BCUT2D eigenvalue weighted by molar-refractivity contribution is 5.93. The minimum atomic E-state index is 0.144. The maximum absolute atomic E-state index is 12.0. The van der Waals surface area contributed by atoms with Gasteiger partial charge in [-0.2, -0.15) is 5.10 Å². The lowest BCUT2D eigenvalue weighted by atomic mass is 10.1. The molecule has 1 saturated heterocycles. The molecule has 0 unspecified atom stereocenters. The fraction of sp³-hybridized carbons (Fsp3) is 0.611. The van der Waals surface area contributed by atoms with Gasteiger partial charge in [-0.25, -0.2) is 9.67 Å². The van der Waals surface area contributed by atoms with E-state index in [4.69, 9.17) is 0 Å². The summed E-state index contributed by atoms with van der Waals surface area (Å²) in [6.07, 6.45) is 9.83. The number of imidazole rings is 1. The van der Waals surface area contributed by atoms with Crippen LogP contribution in [-0.2, 0) is 17.9 Å². The molecular weight excluding hydrogens is 316 g/mol. The number of likely N-dealkylation sites (tertiary alicyclic amines) is 1. The van der Waals surface area contributed by atoms with E-state index in [1.165, 1.54) is 0 Å². The van der Waals surface area contributed by atoms with Crippen molar-refractivity contribution in [1.29, 1.82) is 0 Å². The van der Waals surface area contributed by atoms with Crippen LogP contribution in [-0.4, -0.2) is 43.2 Å². The summed E-state index contributed by atoms with van der Waals surface area (Å²) >= 11 is 0. The van der Waals surface area contributed by atoms with E-state index in [-0.39, 0.29) is 11.8 Å². The van der Waals surface area contributed by atoms with Gasteiger partial charge in [-0.15, -0.1) is 0 Å². The normalized spacial score (nSPS) is 19.2. The van der Waals surface area contributed by atoms with Gasteiger partial charge in [0.25, 0.3) is 0 Å². The Hall–Kier alpha value is -2.15.